The van der Waals surface area contributed by atoms with E-state index in [9.17, 15) is 4.79 Å². The number of benzene rings is 2. The van der Waals surface area contributed by atoms with E-state index in [-0.39, 0.29) is 5.91 Å². The summed E-state index contributed by atoms with van der Waals surface area (Å²) in [5, 5.41) is 5.63. The molecule has 7 nitrogen and oxygen atoms in total. The standard InChI is InChI=1S/C29H26N6OS/c36-28-26(37-29(31-28)34-17-15-33(16-18-34)20-22-7-3-1-4-8-22)19-24-21-35(25-9-5-2-6-10-25)32-27(24)23-11-13-30-14-12-23/h1-14,19,21H,15-18,20H2. The minimum atomic E-state index is -0.195. The number of pyridine rings is 1. The first-order chi connectivity index (χ1) is 18.2. The van der Waals surface area contributed by atoms with Crippen LogP contribution in [0.5, 0.6) is 0 Å². The maximum absolute atomic E-state index is 12.9. The van der Waals surface area contributed by atoms with Crippen molar-refractivity contribution >= 4 is 28.9 Å². The summed E-state index contributed by atoms with van der Waals surface area (Å²) in [7, 11) is 0. The number of rotatable bonds is 5. The zero-order valence-corrected chi connectivity index (χ0v) is 21.1. The molecule has 2 aromatic heterocycles. The van der Waals surface area contributed by atoms with Crippen molar-refractivity contribution in [1.82, 2.24) is 24.6 Å². The Bertz CT molecular complexity index is 1440. The summed E-state index contributed by atoms with van der Waals surface area (Å²) in [5.74, 6) is -0.195. The Balaban J connectivity index is 1.19. The smallest absolute Gasteiger partial charge is 0.286 e. The maximum Gasteiger partial charge on any atom is 0.286 e. The summed E-state index contributed by atoms with van der Waals surface area (Å²) in [6, 6.07) is 24.4. The molecular formula is C29H26N6OS. The molecule has 0 bridgehead atoms. The van der Waals surface area contributed by atoms with Gasteiger partial charge in [-0.15, -0.1) is 0 Å². The SMILES string of the molecule is O=C1N=C(N2CCN(Cc3ccccc3)CC2)SC1=Cc1cn(-c2ccccc2)nc1-c1ccncc1. The molecule has 0 N–H and O–H groups in total. The van der Waals surface area contributed by atoms with E-state index in [4.69, 9.17) is 5.10 Å². The third kappa shape index (κ3) is 5.26. The molecule has 184 valence electrons. The fraction of sp³-hybridized carbons (Fsp3) is 0.172. The minimum absolute atomic E-state index is 0.195. The number of carbonyl (C=O) groups excluding carboxylic acids is 1. The van der Waals surface area contributed by atoms with E-state index >= 15 is 0 Å². The molecule has 2 aliphatic rings. The van der Waals surface area contributed by atoms with Gasteiger partial charge in [-0.2, -0.15) is 10.1 Å². The largest absolute Gasteiger partial charge is 0.348 e. The molecule has 0 spiro atoms. The number of thioether (sulfide) groups is 1. The van der Waals surface area contributed by atoms with E-state index in [2.05, 4.69) is 44.0 Å². The monoisotopic (exact) mass is 506 g/mol. The Morgan fingerprint density at radius 1 is 0.865 bits per heavy atom. The van der Waals surface area contributed by atoms with Gasteiger partial charge >= 0.3 is 0 Å². The van der Waals surface area contributed by atoms with Gasteiger partial charge in [0.2, 0.25) is 0 Å². The van der Waals surface area contributed by atoms with Crippen LogP contribution in [-0.4, -0.2) is 61.8 Å². The second kappa shape index (κ2) is 10.5. The van der Waals surface area contributed by atoms with E-state index in [1.54, 1.807) is 12.4 Å². The molecule has 37 heavy (non-hydrogen) atoms. The van der Waals surface area contributed by atoms with Gasteiger partial charge < -0.3 is 4.90 Å². The van der Waals surface area contributed by atoms with Crippen molar-refractivity contribution in [1.29, 1.82) is 0 Å². The Hall–Kier alpha value is -4.01. The summed E-state index contributed by atoms with van der Waals surface area (Å²) < 4.78 is 1.85. The van der Waals surface area contributed by atoms with E-state index in [0.717, 1.165) is 60.4 Å². The van der Waals surface area contributed by atoms with Crippen LogP contribution >= 0.6 is 11.8 Å². The summed E-state index contributed by atoms with van der Waals surface area (Å²) in [4.78, 5) is 26.7. The van der Waals surface area contributed by atoms with Gasteiger partial charge in [0, 0.05) is 62.4 Å². The van der Waals surface area contributed by atoms with Gasteiger partial charge in [0.1, 0.15) is 5.69 Å². The third-order valence-corrected chi connectivity index (χ3v) is 7.55. The van der Waals surface area contributed by atoms with Crippen molar-refractivity contribution in [2.45, 2.75) is 6.54 Å². The van der Waals surface area contributed by atoms with Crippen LogP contribution in [-0.2, 0) is 11.3 Å². The van der Waals surface area contributed by atoms with Crippen LogP contribution in [0, 0.1) is 0 Å². The average Bonchev–Trinajstić information content (AvgIpc) is 3.54. The average molecular weight is 507 g/mol. The van der Waals surface area contributed by atoms with Gasteiger partial charge in [-0.1, -0.05) is 48.5 Å². The van der Waals surface area contributed by atoms with Crippen molar-refractivity contribution < 1.29 is 4.79 Å². The molecule has 0 aliphatic carbocycles. The van der Waals surface area contributed by atoms with Crippen molar-refractivity contribution in [3.8, 4) is 16.9 Å². The predicted octanol–water partition coefficient (Wildman–Crippen LogP) is 4.72. The second-order valence-corrected chi connectivity index (χ2v) is 10.0. The van der Waals surface area contributed by atoms with Gasteiger partial charge in [-0.3, -0.25) is 14.7 Å². The first kappa shape index (κ1) is 23.4. The summed E-state index contributed by atoms with van der Waals surface area (Å²) in [6.07, 6.45) is 7.38. The van der Waals surface area contributed by atoms with Gasteiger partial charge in [-0.25, -0.2) is 4.68 Å². The van der Waals surface area contributed by atoms with Gasteiger partial charge in [0.05, 0.1) is 10.6 Å². The molecule has 0 unspecified atom stereocenters. The molecule has 1 amide bonds. The minimum Gasteiger partial charge on any atom is -0.348 e. The van der Waals surface area contributed by atoms with Crippen LogP contribution in [0.4, 0.5) is 0 Å². The number of aliphatic imine (C=N–C) groups is 1. The molecule has 4 heterocycles. The van der Waals surface area contributed by atoms with Crippen LogP contribution in [0.25, 0.3) is 23.0 Å². The second-order valence-electron chi connectivity index (χ2n) is 9.01. The lowest BCUT2D eigenvalue weighted by Crippen LogP contribution is -2.47. The van der Waals surface area contributed by atoms with E-state index in [0.29, 0.717) is 4.91 Å². The quantitative estimate of drug-likeness (QED) is 0.365. The summed E-state index contributed by atoms with van der Waals surface area (Å²) in [5.41, 5.74) is 4.90. The molecule has 0 saturated carbocycles. The number of amides is 1. The third-order valence-electron chi connectivity index (χ3n) is 6.50. The molecule has 6 rings (SSSR count). The first-order valence-corrected chi connectivity index (χ1v) is 13.1. The Morgan fingerprint density at radius 2 is 1.57 bits per heavy atom. The zero-order chi connectivity index (χ0) is 25.0. The number of hydrogen-bond donors (Lipinski definition) is 0. The number of hydrogen-bond acceptors (Lipinski definition) is 6. The predicted molar refractivity (Wildman–Crippen MR) is 148 cm³/mol. The normalized spacial score (nSPS) is 17.4. The summed E-state index contributed by atoms with van der Waals surface area (Å²) in [6.45, 7) is 4.54. The molecule has 0 atom stereocenters. The highest BCUT2D eigenvalue weighted by molar-refractivity contribution is 8.18. The Morgan fingerprint density at radius 3 is 2.30 bits per heavy atom. The lowest BCUT2D eigenvalue weighted by Gasteiger charge is -2.35. The number of aromatic nitrogens is 3. The summed E-state index contributed by atoms with van der Waals surface area (Å²) >= 11 is 1.45. The molecule has 1 fully saturated rings. The highest BCUT2D eigenvalue weighted by Gasteiger charge is 2.29. The first-order valence-electron chi connectivity index (χ1n) is 12.3. The van der Waals surface area contributed by atoms with E-state index in [1.807, 2.05) is 65.5 Å². The van der Waals surface area contributed by atoms with E-state index < -0.39 is 0 Å². The van der Waals surface area contributed by atoms with Crippen molar-refractivity contribution in [2.75, 3.05) is 26.2 Å². The number of nitrogens with zero attached hydrogens (tertiary/aromatic N) is 6. The number of piperazine rings is 1. The number of carbonyl (C=O) groups is 1. The van der Waals surface area contributed by atoms with Crippen LogP contribution in [0.3, 0.4) is 0 Å². The Labute approximate surface area is 220 Å². The van der Waals surface area contributed by atoms with Crippen LogP contribution in [0.1, 0.15) is 11.1 Å². The zero-order valence-electron chi connectivity index (χ0n) is 20.3. The van der Waals surface area contributed by atoms with Crippen molar-refractivity contribution in [2.24, 2.45) is 4.99 Å². The van der Waals surface area contributed by atoms with Gasteiger partial charge in [-0.05, 0) is 47.7 Å². The maximum atomic E-state index is 12.9. The Kier molecular flexibility index (Phi) is 6.66. The fourth-order valence-corrected chi connectivity index (χ4v) is 5.51. The lowest BCUT2D eigenvalue weighted by atomic mass is 10.1. The van der Waals surface area contributed by atoms with Gasteiger partial charge in [0.25, 0.3) is 5.91 Å². The molecule has 4 aromatic rings. The van der Waals surface area contributed by atoms with Crippen LogP contribution in [0.15, 0.2) is 101 Å². The molecule has 2 aromatic carbocycles. The lowest BCUT2D eigenvalue weighted by molar-refractivity contribution is -0.113. The van der Waals surface area contributed by atoms with E-state index in [1.165, 1.54) is 17.3 Å². The molecule has 1 saturated heterocycles. The highest BCUT2D eigenvalue weighted by Crippen LogP contribution is 2.33. The molecule has 2 aliphatic heterocycles. The van der Waals surface area contributed by atoms with Crippen molar-refractivity contribution in [3.63, 3.8) is 0 Å². The van der Waals surface area contributed by atoms with Crippen LogP contribution in [0.2, 0.25) is 0 Å². The highest BCUT2D eigenvalue weighted by atomic mass is 32.2. The van der Waals surface area contributed by atoms with Gasteiger partial charge in [0.15, 0.2) is 5.17 Å². The fourth-order valence-electron chi connectivity index (χ4n) is 4.55. The van der Waals surface area contributed by atoms with Crippen LogP contribution < -0.4 is 0 Å². The molecule has 8 heteroatoms. The molecular weight excluding hydrogens is 480 g/mol. The molecule has 0 radical (unpaired) electrons. The number of amidine groups is 1. The topological polar surface area (TPSA) is 66.6 Å². The number of para-hydroxylation sites is 1. The van der Waals surface area contributed by atoms with Crippen molar-refractivity contribution in [3.05, 3.63) is 107 Å².